The van der Waals surface area contributed by atoms with Crippen LogP contribution in [0.3, 0.4) is 0 Å². The van der Waals surface area contributed by atoms with Crippen molar-refractivity contribution in [3.63, 3.8) is 0 Å². The first-order valence-corrected chi connectivity index (χ1v) is 11.1. The van der Waals surface area contributed by atoms with Crippen LogP contribution in [0.2, 0.25) is 0 Å². The Balaban J connectivity index is 1.41. The maximum Gasteiger partial charge on any atom is 0.235 e. The van der Waals surface area contributed by atoms with Crippen LogP contribution in [0.25, 0.3) is 0 Å². The summed E-state index contributed by atoms with van der Waals surface area (Å²) in [5, 5.41) is 2.96. The van der Waals surface area contributed by atoms with Crippen LogP contribution < -0.4 is 9.62 Å². The van der Waals surface area contributed by atoms with Crippen LogP contribution in [-0.4, -0.2) is 26.6 Å². The molecule has 1 unspecified atom stereocenters. The van der Waals surface area contributed by atoms with Gasteiger partial charge in [-0.15, -0.1) is 0 Å². The van der Waals surface area contributed by atoms with Crippen LogP contribution in [-0.2, 0) is 14.8 Å². The lowest BCUT2D eigenvalue weighted by molar-refractivity contribution is -0.116. The van der Waals surface area contributed by atoms with Gasteiger partial charge < -0.3 is 5.32 Å². The third kappa shape index (κ3) is 4.16. The Morgan fingerprint density at radius 1 is 1.07 bits per heavy atom. The van der Waals surface area contributed by atoms with Gasteiger partial charge in [0.2, 0.25) is 15.9 Å². The third-order valence-electron chi connectivity index (χ3n) is 5.36. The first-order chi connectivity index (χ1) is 13.0. The smallest absolute Gasteiger partial charge is 0.235 e. The number of carbonyl (C=O) groups excluding carboxylic acids is 1. The molecule has 1 aliphatic carbocycles. The Bertz CT molecular complexity index is 906. The molecule has 1 aliphatic heterocycles. The molecule has 1 N–H and O–H groups in total. The summed E-state index contributed by atoms with van der Waals surface area (Å²) >= 11 is 0. The van der Waals surface area contributed by atoms with Crippen molar-refractivity contribution in [2.45, 2.75) is 31.6 Å². The number of anilines is 2. The van der Waals surface area contributed by atoms with E-state index in [4.69, 9.17) is 0 Å². The van der Waals surface area contributed by atoms with Crippen LogP contribution in [0.15, 0.2) is 54.6 Å². The van der Waals surface area contributed by atoms with E-state index in [1.807, 2.05) is 18.2 Å². The summed E-state index contributed by atoms with van der Waals surface area (Å²) in [4.78, 5) is 12.6. The second-order valence-corrected chi connectivity index (χ2v) is 9.41. The zero-order valence-electron chi connectivity index (χ0n) is 15.2. The van der Waals surface area contributed by atoms with Crippen molar-refractivity contribution in [2.75, 3.05) is 21.9 Å². The van der Waals surface area contributed by atoms with Crippen molar-refractivity contribution in [3.05, 3.63) is 60.2 Å². The van der Waals surface area contributed by atoms with Gasteiger partial charge in [-0.25, -0.2) is 8.42 Å². The van der Waals surface area contributed by atoms with Crippen LogP contribution in [0.5, 0.6) is 0 Å². The average molecular weight is 385 g/mol. The summed E-state index contributed by atoms with van der Waals surface area (Å²) in [5.41, 5.74) is 2.58. The largest absolute Gasteiger partial charge is 0.326 e. The molecular formula is C21H24N2O3S. The molecule has 5 nitrogen and oxygen atoms in total. The normalized spacial score (nSPS) is 19.6. The van der Waals surface area contributed by atoms with Gasteiger partial charge in [0.05, 0.1) is 11.4 Å². The van der Waals surface area contributed by atoms with E-state index in [9.17, 15) is 13.2 Å². The molecule has 1 saturated heterocycles. The highest BCUT2D eigenvalue weighted by Crippen LogP contribution is 2.44. The monoisotopic (exact) mass is 384 g/mol. The summed E-state index contributed by atoms with van der Waals surface area (Å²) in [7, 11) is -3.18. The second-order valence-electron chi connectivity index (χ2n) is 7.40. The second kappa shape index (κ2) is 7.35. The lowest BCUT2D eigenvalue weighted by atomic mass is 9.91. The maximum absolute atomic E-state index is 12.6. The van der Waals surface area contributed by atoms with E-state index in [2.05, 4.69) is 17.4 Å². The highest BCUT2D eigenvalue weighted by Gasteiger charge is 2.33. The van der Waals surface area contributed by atoms with Crippen molar-refractivity contribution < 1.29 is 13.2 Å². The molecule has 1 saturated carbocycles. The number of nitrogens with zero attached hydrogens (tertiary/aromatic N) is 1. The Kier molecular flexibility index (Phi) is 4.91. The van der Waals surface area contributed by atoms with Gasteiger partial charge in [-0.2, -0.15) is 0 Å². The lowest BCUT2D eigenvalue weighted by Crippen LogP contribution is -2.25. The lowest BCUT2D eigenvalue weighted by Gasteiger charge is -2.18. The van der Waals surface area contributed by atoms with Crippen LogP contribution in [0.4, 0.5) is 11.4 Å². The summed E-state index contributed by atoms with van der Waals surface area (Å²) in [6, 6.07) is 17.3. The fourth-order valence-corrected chi connectivity index (χ4v) is 5.37. The molecule has 1 amide bonds. The van der Waals surface area contributed by atoms with E-state index in [-0.39, 0.29) is 17.6 Å². The number of nitrogens with one attached hydrogen (secondary N) is 1. The molecule has 0 bridgehead atoms. The topological polar surface area (TPSA) is 66.5 Å². The molecule has 1 heterocycles. The molecule has 0 radical (unpaired) electrons. The van der Waals surface area contributed by atoms with E-state index < -0.39 is 10.0 Å². The molecule has 1 atom stereocenters. The Morgan fingerprint density at radius 3 is 2.37 bits per heavy atom. The van der Waals surface area contributed by atoms with E-state index in [0.717, 1.165) is 0 Å². The fraction of sp³-hybridized carbons (Fsp3) is 0.381. The van der Waals surface area contributed by atoms with Crippen molar-refractivity contribution in [1.29, 1.82) is 0 Å². The molecule has 2 aliphatic rings. The molecule has 4 rings (SSSR count). The van der Waals surface area contributed by atoms with Crippen molar-refractivity contribution >= 4 is 27.3 Å². The van der Waals surface area contributed by atoms with Crippen LogP contribution >= 0.6 is 0 Å². The fourth-order valence-electron chi connectivity index (χ4n) is 3.81. The zero-order chi connectivity index (χ0) is 18.9. The Morgan fingerprint density at radius 2 is 1.78 bits per heavy atom. The molecule has 2 aromatic carbocycles. The van der Waals surface area contributed by atoms with Crippen LogP contribution in [0, 0.1) is 5.92 Å². The minimum absolute atomic E-state index is 0.00250. The minimum Gasteiger partial charge on any atom is -0.326 e. The van der Waals surface area contributed by atoms with Gasteiger partial charge in [-0.3, -0.25) is 9.10 Å². The predicted octanol–water partition coefficient (Wildman–Crippen LogP) is 3.75. The van der Waals surface area contributed by atoms with Crippen molar-refractivity contribution in [1.82, 2.24) is 0 Å². The molecule has 2 fully saturated rings. The zero-order valence-corrected chi connectivity index (χ0v) is 16.0. The molecule has 142 valence electrons. The SMILES string of the molecule is O=C(CC(c1ccccc1)C1CC1)Nc1ccc(N2CCCS2(=O)=O)cc1. The van der Waals surface area contributed by atoms with Gasteiger partial charge in [-0.1, -0.05) is 30.3 Å². The Hall–Kier alpha value is -2.34. The number of rotatable bonds is 6. The van der Waals surface area contributed by atoms with Gasteiger partial charge >= 0.3 is 0 Å². The predicted molar refractivity (Wildman–Crippen MR) is 107 cm³/mol. The van der Waals surface area contributed by atoms with Gasteiger partial charge in [0.25, 0.3) is 0 Å². The summed E-state index contributed by atoms with van der Waals surface area (Å²) in [5.74, 6) is 1.06. The summed E-state index contributed by atoms with van der Waals surface area (Å²) in [6.45, 7) is 0.522. The van der Waals surface area contributed by atoms with Gasteiger partial charge in [0.1, 0.15) is 0 Å². The molecule has 27 heavy (non-hydrogen) atoms. The molecule has 6 heteroatoms. The quantitative estimate of drug-likeness (QED) is 0.825. The van der Waals surface area contributed by atoms with E-state index >= 15 is 0 Å². The number of hydrogen-bond donors (Lipinski definition) is 1. The number of carbonyl (C=O) groups is 1. The molecule has 0 spiro atoms. The summed E-state index contributed by atoms with van der Waals surface area (Å²) in [6.07, 6.45) is 3.50. The maximum atomic E-state index is 12.6. The first kappa shape index (κ1) is 18.0. The minimum atomic E-state index is -3.18. The Labute approximate surface area is 160 Å². The van der Waals surface area contributed by atoms with Gasteiger partial charge in [-0.05, 0) is 60.9 Å². The van der Waals surface area contributed by atoms with Crippen molar-refractivity contribution in [2.24, 2.45) is 5.92 Å². The van der Waals surface area contributed by atoms with Crippen molar-refractivity contribution in [3.8, 4) is 0 Å². The summed E-state index contributed by atoms with van der Waals surface area (Å²) < 4.78 is 25.5. The third-order valence-corrected chi connectivity index (χ3v) is 7.23. The number of sulfonamides is 1. The average Bonchev–Trinajstić information content (AvgIpc) is 3.44. The van der Waals surface area contributed by atoms with E-state index in [0.29, 0.717) is 36.7 Å². The number of amides is 1. The van der Waals surface area contributed by atoms with Gasteiger partial charge in [0, 0.05) is 18.7 Å². The first-order valence-electron chi connectivity index (χ1n) is 9.48. The van der Waals surface area contributed by atoms with Crippen LogP contribution in [0.1, 0.15) is 37.2 Å². The number of benzene rings is 2. The van der Waals surface area contributed by atoms with E-state index in [1.165, 1.54) is 22.7 Å². The highest BCUT2D eigenvalue weighted by atomic mass is 32.2. The standard InChI is InChI=1S/C21H24N2O3S/c24-21(15-20(17-7-8-17)16-5-2-1-3-6-16)22-18-9-11-19(12-10-18)23-13-4-14-27(23,25)26/h1-3,5-6,9-12,17,20H,4,7-8,13-15H2,(H,22,24). The molecular weight excluding hydrogens is 360 g/mol. The van der Waals surface area contributed by atoms with E-state index in [1.54, 1.807) is 24.3 Å². The van der Waals surface area contributed by atoms with Gasteiger partial charge in [0.15, 0.2) is 0 Å². The highest BCUT2D eigenvalue weighted by molar-refractivity contribution is 7.93. The molecule has 2 aromatic rings. The molecule has 0 aromatic heterocycles. The number of hydrogen-bond acceptors (Lipinski definition) is 3.